The molecule has 4 nitrogen and oxygen atoms in total. The zero-order valence-electron chi connectivity index (χ0n) is 8.06. The lowest BCUT2D eigenvalue weighted by Crippen LogP contribution is -1.87. The minimum Gasteiger partial charge on any atom is -0.221 e. The second-order valence-corrected chi connectivity index (χ2v) is 2.85. The minimum absolute atomic E-state index is 1.14. The highest BCUT2D eigenvalue weighted by atomic mass is 15.5. The van der Waals surface area contributed by atoms with E-state index >= 15 is 0 Å². The molecule has 1 aromatic carbocycles. The van der Waals surface area contributed by atoms with Gasteiger partial charge in [-0.25, -0.2) is 4.98 Å². The number of aromatic nitrogens is 3. The zero-order chi connectivity index (χ0) is 10.3. The largest absolute Gasteiger partial charge is 0.221 e. The van der Waals surface area contributed by atoms with Gasteiger partial charge in [-0.15, -0.1) is 9.89 Å². The molecule has 0 saturated heterocycles. The van der Waals surface area contributed by atoms with Gasteiger partial charge >= 0.3 is 0 Å². The maximum Gasteiger partial charge on any atom is 0.139 e. The van der Waals surface area contributed by atoms with Crippen molar-refractivity contribution in [1.29, 1.82) is 0 Å². The van der Waals surface area contributed by atoms with Gasteiger partial charge in [0.2, 0.25) is 0 Å². The van der Waals surface area contributed by atoms with E-state index in [-0.39, 0.29) is 0 Å². The highest BCUT2D eigenvalue weighted by Crippen LogP contribution is 1.99. The lowest BCUT2D eigenvalue weighted by Gasteiger charge is -1.88. The van der Waals surface area contributed by atoms with Gasteiger partial charge in [0.25, 0.3) is 0 Å². The average molecular weight is 198 g/mol. The molecule has 1 aromatic heterocycles. The summed E-state index contributed by atoms with van der Waals surface area (Å²) in [6.07, 6.45) is 8.48. The number of allylic oxidation sites excluding steroid dienone is 1. The van der Waals surface area contributed by atoms with E-state index in [1.165, 1.54) is 17.4 Å². The minimum atomic E-state index is 1.14. The van der Waals surface area contributed by atoms with Crippen LogP contribution in [0.15, 0.2) is 54.2 Å². The third-order valence-corrected chi connectivity index (χ3v) is 1.77. The SMILES string of the molecule is C(=C\c1ccccc1)/C=N/n1cncn1. The molecule has 74 valence electrons. The van der Waals surface area contributed by atoms with Crippen LogP contribution in [0.5, 0.6) is 0 Å². The van der Waals surface area contributed by atoms with E-state index < -0.39 is 0 Å². The van der Waals surface area contributed by atoms with Gasteiger partial charge in [-0.2, -0.15) is 5.10 Å². The van der Waals surface area contributed by atoms with E-state index in [4.69, 9.17) is 0 Å². The zero-order valence-corrected chi connectivity index (χ0v) is 8.06. The Morgan fingerprint density at radius 1 is 1.20 bits per heavy atom. The molecule has 0 aliphatic rings. The second kappa shape index (κ2) is 4.85. The van der Waals surface area contributed by atoms with E-state index in [0.29, 0.717) is 0 Å². The number of hydrogen-bond acceptors (Lipinski definition) is 3. The monoisotopic (exact) mass is 198 g/mol. The number of hydrogen-bond donors (Lipinski definition) is 0. The van der Waals surface area contributed by atoms with Crippen molar-refractivity contribution in [1.82, 2.24) is 14.9 Å². The van der Waals surface area contributed by atoms with Crippen LogP contribution in [-0.4, -0.2) is 21.1 Å². The van der Waals surface area contributed by atoms with Gasteiger partial charge in [-0.1, -0.05) is 36.4 Å². The van der Waals surface area contributed by atoms with Crippen LogP contribution < -0.4 is 0 Å². The Hall–Kier alpha value is -2.23. The number of rotatable bonds is 3. The molecule has 2 rings (SSSR count). The first-order valence-corrected chi connectivity index (χ1v) is 4.56. The highest BCUT2D eigenvalue weighted by molar-refractivity contribution is 5.77. The molecular formula is C11H10N4. The second-order valence-electron chi connectivity index (χ2n) is 2.85. The fourth-order valence-electron chi connectivity index (χ4n) is 1.09. The number of nitrogens with zero attached hydrogens (tertiary/aromatic N) is 4. The Balaban J connectivity index is 1.96. The van der Waals surface area contributed by atoms with Gasteiger partial charge in [0.05, 0.1) is 0 Å². The van der Waals surface area contributed by atoms with Crippen molar-refractivity contribution in [2.75, 3.05) is 0 Å². The first-order valence-electron chi connectivity index (χ1n) is 4.56. The maximum atomic E-state index is 4.01. The molecular weight excluding hydrogens is 188 g/mol. The Morgan fingerprint density at radius 2 is 2.07 bits per heavy atom. The Morgan fingerprint density at radius 3 is 2.80 bits per heavy atom. The van der Waals surface area contributed by atoms with Crippen molar-refractivity contribution >= 4 is 12.3 Å². The predicted octanol–water partition coefficient (Wildman–Crippen LogP) is 1.83. The van der Waals surface area contributed by atoms with Crippen molar-refractivity contribution < 1.29 is 0 Å². The van der Waals surface area contributed by atoms with Crippen molar-refractivity contribution in [2.45, 2.75) is 0 Å². The smallest absolute Gasteiger partial charge is 0.139 e. The summed E-state index contributed by atoms with van der Waals surface area (Å²) in [5, 5.41) is 7.85. The molecule has 0 fully saturated rings. The Kier molecular flexibility index (Phi) is 3.02. The molecule has 0 aliphatic carbocycles. The molecule has 0 bridgehead atoms. The molecule has 0 aliphatic heterocycles. The average Bonchev–Trinajstić information content (AvgIpc) is 2.79. The molecule has 0 saturated carbocycles. The molecule has 4 heteroatoms. The van der Waals surface area contributed by atoms with Crippen LogP contribution >= 0.6 is 0 Å². The fourth-order valence-corrected chi connectivity index (χ4v) is 1.09. The molecule has 15 heavy (non-hydrogen) atoms. The molecule has 0 N–H and O–H groups in total. The van der Waals surface area contributed by atoms with Gasteiger partial charge in [0.1, 0.15) is 12.7 Å². The fraction of sp³-hybridized carbons (Fsp3) is 0. The first-order chi connectivity index (χ1) is 7.45. The third kappa shape index (κ3) is 2.87. The predicted molar refractivity (Wildman–Crippen MR) is 59.4 cm³/mol. The first kappa shape index (κ1) is 9.33. The van der Waals surface area contributed by atoms with Gasteiger partial charge < -0.3 is 0 Å². The highest BCUT2D eigenvalue weighted by Gasteiger charge is 1.81. The topological polar surface area (TPSA) is 43.1 Å². The van der Waals surface area contributed by atoms with Crippen LogP contribution in [0.2, 0.25) is 0 Å². The Bertz CT molecular complexity index is 443. The quantitative estimate of drug-likeness (QED) is 0.706. The van der Waals surface area contributed by atoms with Gasteiger partial charge in [0.15, 0.2) is 0 Å². The van der Waals surface area contributed by atoms with E-state index in [0.717, 1.165) is 5.56 Å². The van der Waals surface area contributed by atoms with Crippen LogP contribution in [0, 0.1) is 0 Å². The normalized spacial score (nSPS) is 11.5. The van der Waals surface area contributed by atoms with Gasteiger partial charge in [-0.05, 0) is 11.6 Å². The maximum absolute atomic E-state index is 4.01. The third-order valence-electron chi connectivity index (χ3n) is 1.77. The molecule has 0 unspecified atom stereocenters. The van der Waals surface area contributed by atoms with E-state index in [9.17, 15) is 0 Å². The lowest BCUT2D eigenvalue weighted by atomic mass is 10.2. The molecule has 0 atom stereocenters. The standard InChI is InChI=1S/C11H10N4/c1-2-5-11(6-3-1)7-4-8-13-15-10-12-9-14-15/h1-10H/b7-4+,13-8+. The van der Waals surface area contributed by atoms with Crippen LogP contribution in [0.25, 0.3) is 6.08 Å². The van der Waals surface area contributed by atoms with Crippen molar-refractivity contribution in [3.63, 3.8) is 0 Å². The molecule has 0 radical (unpaired) electrons. The van der Waals surface area contributed by atoms with Crippen LogP contribution in [-0.2, 0) is 0 Å². The van der Waals surface area contributed by atoms with E-state index in [2.05, 4.69) is 15.2 Å². The molecule has 1 heterocycles. The Labute approximate surface area is 87.6 Å². The molecule has 0 amide bonds. The van der Waals surface area contributed by atoms with Crippen molar-refractivity contribution in [3.05, 3.63) is 54.6 Å². The van der Waals surface area contributed by atoms with Gasteiger partial charge in [-0.3, -0.25) is 0 Å². The van der Waals surface area contributed by atoms with Crippen molar-refractivity contribution in [2.24, 2.45) is 5.10 Å². The lowest BCUT2D eigenvalue weighted by molar-refractivity contribution is 0.743. The summed E-state index contributed by atoms with van der Waals surface area (Å²) in [5.74, 6) is 0. The van der Waals surface area contributed by atoms with E-state index in [1.807, 2.05) is 42.5 Å². The van der Waals surface area contributed by atoms with Crippen LogP contribution in [0.1, 0.15) is 5.56 Å². The van der Waals surface area contributed by atoms with Crippen LogP contribution in [0.3, 0.4) is 0 Å². The summed E-state index contributed by atoms with van der Waals surface area (Å²) in [4.78, 5) is 5.17. The molecule has 0 spiro atoms. The molecule has 2 aromatic rings. The summed E-state index contributed by atoms with van der Waals surface area (Å²) >= 11 is 0. The summed E-state index contributed by atoms with van der Waals surface area (Å²) in [7, 11) is 0. The summed E-state index contributed by atoms with van der Waals surface area (Å²) in [5.41, 5.74) is 1.14. The van der Waals surface area contributed by atoms with E-state index in [1.54, 1.807) is 6.21 Å². The number of benzene rings is 1. The summed E-state index contributed by atoms with van der Waals surface area (Å²) in [6, 6.07) is 10.0. The van der Waals surface area contributed by atoms with Crippen LogP contribution in [0.4, 0.5) is 0 Å². The summed E-state index contributed by atoms with van der Waals surface area (Å²) in [6.45, 7) is 0. The van der Waals surface area contributed by atoms with Gasteiger partial charge in [0, 0.05) is 6.21 Å². The van der Waals surface area contributed by atoms with Crippen molar-refractivity contribution in [3.8, 4) is 0 Å². The summed E-state index contributed by atoms with van der Waals surface area (Å²) < 4.78 is 0.